The summed E-state index contributed by atoms with van der Waals surface area (Å²) in [6.07, 6.45) is 3.10. The smallest absolute Gasteiger partial charge is 0.270 e. The second kappa shape index (κ2) is 10.8. The maximum absolute atomic E-state index is 13.6. The number of pyridine rings is 1. The van der Waals surface area contributed by atoms with Crippen LogP contribution in [0.15, 0.2) is 53.6 Å². The molecule has 2 N–H and O–H groups in total. The molecule has 190 valence electrons. The monoisotopic (exact) mass is 529 g/mol. The van der Waals surface area contributed by atoms with Gasteiger partial charge in [-0.25, -0.2) is 8.42 Å². The van der Waals surface area contributed by atoms with Gasteiger partial charge in [0.1, 0.15) is 16.3 Å². The van der Waals surface area contributed by atoms with E-state index < -0.39 is 21.8 Å². The summed E-state index contributed by atoms with van der Waals surface area (Å²) in [7, 11) is -2.40. The predicted molar refractivity (Wildman–Crippen MR) is 136 cm³/mol. The van der Waals surface area contributed by atoms with Crippen molar-refractivity contribution in [3.05, 3.63) is 81.9 Å². The lowest BCUT2D eigenvalue weighted by atomic mass is 10.2. The van der Waals surface area contributed by atoms with E-state index in [0.717, 1.165) is 18.4 Å². The number of sulfonamides is 1. The van der Waals surface area contributed by atoms with Crippen molar-refractivity contribution in [2.75, 3.05) is 20.1 Å². The first-order chi connectivity index (χ1) is 17.2. The molecule has 2 aromatic heterocycles. The molecule has 0 aliphatic carbocycles. The van der Waals surface area contributed by atoms with Gasteiger partial charge < -0.3 is 15.2 Å². The molecule has 9 nitrogen and oxygen atoms in total. The summed E-state index contributed by atoms with van der Waals surface area (Å²) in [6.45, 7) is 2.61. The third-order valence-corrected chi connectivity index (χ3v) is 8.60. The highest BCUT2D eigenvalue weighted by Crippen LogP contribution is 2.30. The Kier molecular flexibility index (Phi) is 7.77. The van der Waals surface area contributed by atoms with Gasteiger partial charge in [0.2, 0.25) is 10.0 Å². The van der Waals surface area contributed by atoms with Gasteiger partial charge in [-0.2, -0.15) is 4.31 Å². The molecule has 1 fully saturated rings. The van der Waals surface area contributed by atoms with Crippen LogP contribution >= 0.6 is 11.6 Å². The van der Waals surface area contributed by atoms with Gasteiger partial charge in [0, 0.05) is 43.5 Å². The molecule has 0 spiro atoms. The largest absolute Gasteiger partial charge is 0.345 e. The number of H-pyrrole nitrogens is 1. The number of carbonyl (C=O) groups excluding carboxylic acids is 2. The number of hydrogen-bond acceptors (Lipinski definition) is 5. The molecule has 2 amide bonds. The maximum atomic E-state index is 13.6. The Morgan fingerprint density at radius 1 is 1.11 bits per heavy atom. The molecule has 0 unspecified atom stereocenters. The van der Waals surface area contributed by atoms with E-state index in [1.54, 1.807) is 50.5 Å². The molecule has 1 aromatic carbocycles. The van der Waals surface area contributed by atoms with Crippen molar-refractivity contribution >= 4 is 33.4 Å². The van der Waals surface area contributed by atoms with Crippen molar-refractivity contribution in [1.82, 2.24) is 24.5 Å². The number of aromatic nitrogens is 2. The molecule has 36 heavy (non-hydrogen) atoms. The summed E-state index contributed by atoms with van der Waals surface area (Å²) in [5.74, 6) is -1.08. The first-order valence-corrected chi connectivity index (χ1v) is 13.4. The fraction of sp³-hybridized carbons (Fsp3) is 0.320. The van der Waals surface area contributed by atoms with Crippen LogP contribution in [-0.2, 0) is 23.1 Å². The zero-order chi connectivity index (χ0) is 25.9. The summed E-state index contributed by atoms with van der Waals surface area (Å²) in [6, 6.07) is 12.5. The lowest BCUT2D eigenvalue weighted by molar-refractivity contribution is 0.0779. The third kappa shape index (κ3) is 5.30. The van der Waals surface area contributed by atoms with Crippen LogP contribution in [0.4, 0.5) is 0 Å². The van der Waals surface area contributed by atoms with E-state index in [1.807, 2.05) is 12.1 Å². The number of amides is 2. The number of rotatable bonds is 8. The molecule has 11 heteroatoms. The van der Waals surface area contributed by atoms with E-state index in [0.29, 0.717) is 23.8 Å². The van der Waals surface area contributed by atoms with E-state index in [9.17, 15) is 18.0 Å². The van der Waals surface area contributed by atoms with Crippen molar-refractivity contribution in [3.8, 4) is 0 Å². The molecule has 0 bridgehead atoms. The minimum Gasteiger partial charge on any atom is -0.345 e. The van der Waals surface area contributed by atoms with E-state index >= 15 is 0 Å². The normalized spacial score (nSPS) is 14.1. The summed E-state index contributed by atoms with van der Waals surface area (Å²) in [5.41, 5.74) is 1.46. The maximum Gasteiger partial charge on any atom is 0.270 e. The Morgan fingerprint density at radius 2 is 1.81 bits per heavy atom. The summed E-state index contributed by atoms with van der Waals surface area (Å²) in [4.78, 5) is 34.9. The zero-order valence-electron chi connectivity index (χ0n) is 20.1. The number of halogens is 1. The van der Waals surface area contributed by atoms with Crippen molar-refractivity contribution in [1.29, 1.82) is 0 Å². The number of benzene rings is 1. The van der Waals surface area contributed by atoms with Crippen LogP contribution in [-0.4, -0.2) is 59.5 Å². The topological polar surface area (TPSA) is 115 Å². The summed E-state index contributed by atoms with van der Waals surface area (Å²) in [5, 5.41) is 3.24. The average molecular weight is 530 g/mol. The number of nitrogens with zero attached hydrogens (tertiary/aromatic N) is 3. The molecule has 0 atom stereocenters. The number of aromatic amines is 1. The molecule has 3 heterocycles. The second-order valence-corrected chi connectivity index (χ2v) is 11.0. The first-order valence-electron chi connectivity index (χ1n) is 11.6. The fourth-order valence-electron chi connectivity index (χ4n) is 4.24. The highest BCUT2D eigenvalue weighted by molar-refractivity contribution is 7.89. The highest BCUT2D eigenvalue weighted by Gasteiger charge is 2.37. The zero-order valence-corrected chi connectivity index (χ0v) is 21.7. The summed E-state index contributed by atoms with van der Waals surface area (Å²) >= 11 is 6.25. The van der Waals surface area contributed by atoms with Crippen LogP contribution in [0.1, 0.15) is 50.6 Å². The predicted octanol–water partition coefficient (Wildman–Crippen LogP) is 3.36. The Morgan fingerprint density at radius 3 is 2.47 bits per heavy atom. The van der Waals surface area contributed by atoms with E-state index in [1.165, 1.54) is 9.21 Å². The Balaban J connectivity index is 1.68. The van der Waals surface area contributed by atoms with Gasteiger partial charge in [0.25, 0.3) is 11.8 Å². The van der Waals surface area contributed by atoms with E-state index in [4.69, 9.17) is 11.6 Å². The lowest BCUT2D eigenvalue weighted by Gasteiger charge is -2.18. The number of nitrogens with one attached hydrogen (secondary N) is 2. The van der Waals surface area contributed by atoms with Crippen LogP contribution in [0.25, 0.3) is 0 Å². The fourth-order valence-corrected chi connectivity index (χ4v) is 6.32. The Hall–Kier alpha value is -3.21. The van der Waals surface area contributed by atoms with Gasteiger partial charge in [-0.3, -0.25) is 14.6 Å². The molecule has 1 saturated heterocycles. The van der Waals surface area contributed by atoms with Crippen molar-refractivity contribution in [3.63, 3.8) is 0 Å². The van der Waals surface area contributed by atoms with Gasteiger partial charge >= 0.3 is 0 Å². The number of hydrogen-bond donors (Lipinski definition) is 2. The van der Waals surface area contributed by atoms with Crippen LogP contribution in [0.2, 0.25) is 5.02 Å². The molecule has 1 aliphatic rings. The second-order valence-electron chi connectivity index (χ2n) is 8.70. The average Bonchev–Trinajstić information content (AvgIpc) is 3.53. The van der Waals surface area contributed by atoms with Crippen molar-refractivity contribution in [2.45, 2.75) is 37.8 Å². The van der Waals surface area contributed by atoms with Gasteiger partial charge in [-0.05, 0) is 43.5 Å². The minimum atomic E-state index is -4.00. The molecular weight excluding hydrogens is 502 g/mol. The lowest BCUT2D eigenvalue weighted by Crippen LogP contribution is -2.31. The SMILES string of the molecule is Cc1c(C(=O)N(C)Cc2ccccc2Cl)[nH]c(C(=O)NCc2ccccn2)c1S(=O)(=O)N1CCCC1. The van der Waals surface area contributed by atoms with Crippen molar-refractivity contribution in [2.24, 2.45) is 0 Å². The summed E-state index contributed by atoms with van der Waals surface area (Å²) < 4.78 is 28.5. The number of carbonyl (C=O) groups is 2. The van der Waals surface area contributed by atoms with Crippen LogP contribution in [0.3, 0.4) is 0 Å². The van der Waals surface area contributed by atoms with Crippen LogP contribution in [0, 0.1) is 6.92 Å². The Labute approximate surface area is 215 Å². The van der Waals surface area contributed by atoms with Gasteiger partial charge in [-0.1, -0.05) is 35.9 Å². The molecule has 0 radical (unpaired) electrons. The molecule has 1 aliphatic heterocycles. The van der Waals surface area contributed by atoms with Crippen molar-refractivity contribution < 1.29 is 18.0 Å². The van der Waals surface area contributed by atoms with E-state index in [2.05, 4.69) is 15.3 Å². The standard InChI is InChI=1S/C25H28ClN5O4S/c1-17-21(25(33)30(2)16-18-9-3-4-11-20(18)26)29-22(23(17)36(34,35)31-13-7-8-14-31)24(32)28-15-19-10-5-6-12-27-19/h3-6,9-12,29H,7-8,13-16H2,1-2H3,(H,28,32). The molecule has 0 saturated carbocycles. The molecule has 4 rings (SSSR count). The van der Waals surface area contributed by atoms with Gasteiger partial charge in [0.05, 0.1) is 12.2 Å². The van der Waals surface area contributed by atoms with Crippen LogP contribution < -0.4 is 5.32 Å². The molecular formula is C25H28ClN5O4S. The highest BCUT2D eigenvalue weighted by atomic mass is 35.5. The Bertz CT molecular complexity index is 1370. The minimum absolute atomic E-state index is 0.0466. The van der Waals surface area contributed by atoms with Gasteiger partial charge in [-0.15, -0.1) is 0 Å². The van der Waals surface area contributed by atoms with Crippen LogP contribution in [0.5, 0.6) is 0 Å². The van der Waals surface area contributed by atoms with E-state index in [-0.39, 0.29) is 34.9 Å². The van der Waals surface area contributed by atoms with Gasteiger partial charge in [0.15, 0.2) is 0 Å². The molecule has 3 aromatic rings. The first kappa shape index (κ1) is 25.9. The quantitative estimate of drug-likeness (QED) is 0.464. The third-order valence-electron chi connectivity index (χ3n) is 6.16.